The summed E-state index contributed by atoms with van der Waals surface area (Å²) in [7, 11) is 0. The average molecular weight is 197 g/mol. The molecule has 2 nitrogen and oxygen atoms in total. The first-order valence-corrected chi connectivity index (χ1v) is 6.01. The smallest absolute Gasteiger partial charge is 0.217 e. The molecule has 1 fully saturated rings. The standard InChI is InChI=1S/C12H23NO/c1-3-7-11-8-5-4-6-9-12(11)13-10(2)14/h11-12H,3-9H2,1-2H3,(H,13,14)/t11-,12+/m0/s1. The SMILES string of the molecule is CCC[C@H]1CCCCC[C@H]1NC(C)=O. The quantitative estimate of drug-likeness (QED) is 0.692. The molecule has 1 aliphatic rings. The monoisotopic (exact) mass is 197 g/mol. The van der Waals surface area contributed by atoms with E-state index < -0.39 is 0 Å². The third-order valence-electron chi connectivity index (χ3n) is 3.21. The third kappa shape index (κ3) is 3.69. The van der Waals surface area contributed by atoms with Crippen LogP contribution in [0.1, 0.15) is 58.8 Å². The lowest BCUT2D eigenvalue weighted by atomic mass is 9.90. The van der Waals surface area contributed by atoms with E-state index in [2.05, 4.69) is 12.2 Å². The first-order chi connectivity index (χ1) is 6.74. The van der Waals surface area contributed by atoms with E-state index in [0.29, 0.717) is 6.04 Å². The van der Waals surface area contributed by atoms with Crippen LogP contribution in [0, 0.1) is 5.92 Å². The molecule has 0 spiro atoms. The lowest BCUT2D eigenvalue weighted by Gasteiger charge is -2.25. The van der Waals surface area contributed by atoms with Crippen LogP contribution in [0.15, 0.2) is 0 Å². The first kappa shape index (κ1) is 11.5. The van der Waals surface area contributed by atoms with Crippen LogP contribution in [-0.4, -0.2) is 11.9 Å². The van der Waals surface area contributed by atoms with Gasteiger partial charge in [0.2, 0.25) is 5.91 Å². The fourth-order valence-electron chi connectivity index (χ4n) is 2.55. The minimum absolute atomic E-state index is 0.137. The van der Waals surface area contributed by atoms with Crippen molar-refractivity contribution in [1.29, 1.82) is 0 Å². The highest BCUT2D eigenvalue weighted by atomic mass is 16.1. The molecular weight excluding hydrogens is 174 g/mol. The Morgan fingerprint density at radius 3 is 2.64 bits per heavy atom. The molecule has 2 heteroatoms. The van der Waals surface area contributed by atoms with Crippen LogP contribution in [0.5, 0.6) is 0 Å². The van der Waals surface area contributed by atoms with Crippen LogP contribution in [-0.2, 0) is 4.79 Å². The number of rotatable bonds is 3. The second kappa shape index (κ2) is 6.05. The molecule has 0 aromatic heterocycles. The van der Waals surface area contributed by atoms with E-state index in [4.69, 9.17) is 0 Å². The molecular formula is C12H23NO. The lowest BCUT2D eigenvalue weighted by molar-refractivity contribution is -0.120. The topological polar surface area (TPSA) is 29.1 Å². The molecule has 82 valence electrons. The highest BCUT2D eigenvalue weighted by Crippen LogP contribution is 2.26. The largest absolute Gasteiger partial charge is 0.353 e. The zero-order valence-corrected chi connectivity index (χ0v) is 9.51. The van der Waals surface area contributed by atoms with Crippen LogP contribution in [0.2, 0.25) is 0 Å². The Balaban J connectivity index is 2.49. The Morgan fingerprint density at radius 2 is 2.00 bits per heavy atom. The predicted molar refractivity (Wildman–Crippen MR) is 59.1 cm³/mol. The van der Waals surface area contributed by atoms with E-state index >= 15 is 0 Å². The minimum Gasteiger partial charge on any atom is -0.353 e. The molecule has 0 aliphatic heterocycles. The summed E-state index contributed by atoms with van der Waals surface area (Å²) in [6.45, 7) is 3.86. The third-order valence-corrected chi connectivity index (χ3v) is 3.21. The van der Waals surface area contributed by atoms with Gasteiger partial charge in [-0.15, -0.1) is 0 Å². The van der Waals surface area contributed by atoms with Gasteiger partial charge in [-0.05, 0) is 25.2 Å². The Bertz CT molecular complexity index is 179. The number of amides is 1. The molecule has 0 aromatic rings. The van der Waals surface area contributed by atoms with Gasteiger partial charge in [0, 0.05) is 13.0 Å². The van der Waals surface area contributed by atoms with Crippen molar-refractivity contribution in [2.45, 2.75) is 64.8 Å². The maximum atomic E-state index is 11.1. The second-order valence-electron chi connectivity index (χ2n) is 4.49. The normalized spacial score (nSPS) is 28.1. The van der Waals surface area contributed by atoms with Gasteiger partial charge in [-0.2, -0.15) is 0 Å². The number of nitrogens with one attached hydrogen (secondary N) is 1. The highest BCUT2D eigenvalue weighted by Gasteiger charge is 2.23. The van der Waals surface area contributed by atoms with Gasteiger partial charge in [-0.3, -0.25) is 4.79 Å². The van der Waals surface area contributed by atoms with Crippen molar-refractivity contribution < 1.29 is 4.79 Å². The fourth-order valence-corrected chi connectivity index (χ4v) is 2.55. The van der Waals surface area contributed by atoms with Crippen LogP contribution < -0.4 is 5.32 Å². The van der Waals surface area contributed by atoms with E-state index in [0.717, 1.165) is 5.92 Å². The van der Waals surface area contributed by atoms with Crippen LogP contribution in [0.4, 0.5) is 0 Å². The van der Waals surface area contributed by atoms with E-state index in [9.17, 15) is 4.79 Å². The summed E-state index contributed by atoms with van der Waals surface area (Å²) in [5.74, 6) is 0.865. The maximum Gasteiger partial charge on any atom is 0.217 e. The Kier molecular flexibility index (Phi) is 4.99. The summed E-state index contributed by atoms with van der Waals surface area (Å²) in [6, 6.07) is 0.454. The zero-order valence-electron chi connectivity index (χ0n) is 9.51. The maximum absolute atomic E-state index is 11.1. The molecule has 1 aliphatic carbocycles. The van der Waals surface area contributed by atoms with Crippen LogP contribution in [0.25, 0.3) is 0 Å². The summed E-state index contributed by atoms with van der Waals surface area (Å²) in [5, 5.41) is 3.12. The van der Waals surface area contributed by atoms with Gasteiger partial charge in [0.1, 0.15) is 0 Å². The van der Waals surface area contributed by atoms with Crippen molar-refractivity contribution in [3.05, 3.63) is 0 Å². The summed E-state index contributed by atoms with van der Waals surface area (Å²) < 4.78 is 0. The molecule has 0 aromatic carbocycles. The van der Waals surface area contributed by atoms with E-state index in [-0.39, 0.29) is 5.91 Å². The van der Waals surface area contributed by atoms with Gasteiger partial charge in [-0.25, -0.2) is 0 Å². The van der Waals surface area contributed by atoms with Gasteiger partial charge in [0.25, 0.3) is 0 Å². The molecule has 1 N–H and O–H groups in total. The van der Waals surface area contributed by atoms with Gasteiger partial charge in [0.05, 0.1) is 0 Å². The van der Waals surface area contributed by atoms with Gasteiger partial charge in [-0.1, -0.05) is 32.6 Å². The molecule has 2 atom stereocenters. The lowest BCUT2D eigenvalue weighted by Crippen LogP contribution is -2.38. The van der Waals surface area contributed by atoms with Crippen molar-refractivity contribution in [3.8, 4) is 0 Å². The Hall–Kier alpha value is -0.530. The average Bonchev–Trinajstić information content (AvgIpc) is 2.32. The number of carbonyl (C=O) groups excluding carboxylic acids is 1. The van der Waals surface area contributed by atoms with E-state index in [1.165, 1.54) is 44.9 Å². The summed E-state index contributed by atoms with van der Waals surface area (Å²) in [6.07, 6.45) is 8.97. The molecule has 0 saturated heterocycles. The zero-order chi connectivity index (χ0) is 10.4. The molecule has 0 radical (unpaired) electrons. The van der Waals surface area contributed by atoms with Crippen molar-refractivity contribution >= 4 is 5.91 Å². The molecule has 1 amide bonds. The van der Waals surface area contributed by atoms with Crippen molar-refractivity contribution in [2.75, 3.05) is 0 Å². The second-order valence-corrected chi connectivity index (χ2v) is 4.49. The number of hydrogen-bond donors (Lipinski definition) is 1. The van der Waals surface area contributed by atoms with Crippen molar-refractivity contribution in [2.24, 2.45) is 5.92 Å². The van der Waals surface area contributed by atoms with Crippen molar-refractivity contribution in [3.63, 3.8) is 0 Å². The molecule has 0 unspecified atom stereocenters. The molecule has 0 bridgehead atoms. The van der Waals surface area contributed by atoms with Crippen LogP contribution in [0.3, 0.4) is 0 Å². The minimum atomic E-state index is 0.137. The fraction of sp³-hybridized carbons (Fsp3) is 0.917. The van der Waals surface area contributed by atoms with Gasteiger partial charge < -0.3 is 5.32 Å². The van der Waals surface area contributed by atoms with Gasteiger partial charge in [0.15, 0.2) is 0 Å². The summed E-state index contributed by atoms with van der Waals surface area (Å²) in [5.41, 5.74) is 0. The van der Waals surface area contributed by atoms with Gasteiger partial charge >= 0.3 is 0 Å². The summed E-state index contributed by atoms with van der Waals surface area (Å²) >= 11 is 0. The van der Waals surface area contributed by atoms with E-state index in [1.54, 1.807) is 6.92 Å². The molecule has 1 saturated carbocycles. The molecule has 14 heavy (non-hydrogen) atoms. The van der Waals surface area contributed by atoms with E-state index in [1.807, 2.05) is 0 Å². The van der Waals surface area contributed by atoms with Crippen LogP contribution >= 0.6 is 0 Å². The summed E-state index contributed by atoms with van der Waals surface area (Å²) in [4.78, 5) is 11.1. The number of carbonyl (C=O) groups is 1. The first-order valence-electron chi connectivity index (χ1n) is 6.01. The Labute approximate surface area is 87.5 Å². The molecule has 1 rings (SSSR count). The predicted octanol–water partition coefficient (Wildman–Crippen LogP) is 2.87. The molecule has 0 heterocycles. The van der Waals surface area contributed by atoms with Crippen molar-refractivity contribution in [1.82, 2.24) is 5.32 Å². The highest BCUT2D eigenvalue weighted by molar-refractivity contribution is 5.73. The number of hydrogen-bond acceptors (Lipinski definition) is 1. The Morgan fingerprint density at radius 1 is 1.29 bits per heavy atom.